The first-order valence-electron chi connectivity index (χ1n) is 5.26. The summed E-state index contributed by atoms with van der Waals surface area (Å²) in [7, 11) is 0. The van der Waals surface area contributed by atoms with Gasteiger partial charge in [0.05, 0.1) is 0 Å². The van der Waals surface area contributed by atoms with Crippen molar-refractivity contribution >= 4 is 11.4 Å². The molecule has 0 heterocycles. The van der Waals surface area contributed by atoms with Gasteiger partial charge in [0.2, 0.25) is 0 Å². The lowest BCUT2D eigenvalue weighted by Gasteiger charge is -2.07. The van der Waals surface area contributed by atoms with Crippen molar-refractivity contribution in [1.82, 2.24) is 0 Å². The Morgan fingerprint density at radius 2 is 1.47 bits per heavy atom. The zero-order valence-corrected chi connectivity index (χ0v) is 9.26. The van der Waals surface area contributed by atoms with Crippen molar-refractivity contribution in [2.24, 2.45) is 0 Å². The third-order valence-electron chi connectivity index (χ3n) is 2.25. The molecule has 0 atom stereocenters. The maximum atomic E-state index is 8.70. The van der Waals surface area contributed by atoms with Gasteiger partial charge in [-0.05, 0) is 48.5 Å². The highest BCUT2D eigenvalue weighted by Gasteiger charge is 1.97. The SMILES string of the molecule is Nc1ccc(Oc2ccc(NCO)cc2)cc1. The zero-order chi connectivity index (χ0) is 12.1. The van der Waals surface area contributed by atoms with Crippen LogP contribution in [0.2, 0.25) is 0 Å². The van der Waals surface area contributed by atoms with Crippen molar-refractivity contribution < 1.29 is 9.84 Å². The molecule has 0 bridgehead atoms. The molecule has 4 nitrogen and oxygen atoms in total. The van der Waals surface area contributed by atoms with Crippen LogP contribution in [0.4, 0.5) is 11.4 Å². The van der Waals surface area contributed by atoms with Gasteiger partial charge in [0, 0.05) is 11.4 Å². The number of anilines is 2. The van der Waals surface area contributed by atoms with Gasteiger partial charge in [-0.25, -0.2) is 0 Å². The van der Waals surface area contributed by atoms with E-state index < -0.39 is 0 Å². The Hall–Kier alpha value is -2.20. The monoisotopic (exact) mass is 230 g/mol. The summed E-state index contributed by atoms with van der Waals surface area (Å²) in [5, 5.41) is 11.5. The second-order valence-electron chi connectivity index (χ2n) is 3.53. The van der Waals surface area contributed by atoms with Crippen molar-refractivity contribution in [2.45, 2.75) is 0 Å². The molecule has 0 unspecified atom stereocenters. The van der Waals surface area contributed by atoms with Crippen LogP contribution in [-0.4, -0.2) is 11.8 Å². The molecule has 0 amide bonds. The van der Waals surface area contributed by atoms with Crippen LogP contribution in [-0.2, 0) is 0 Å². The molecule has 2 aromatic carbocycles. The number of rotatable bonds is 4. The minimum atomic E-state index is -0.0852. The van der Waals surface area contributed by atoms with E-state index in [0.717, 1.165) is 17.2 Å². The molecule has 0 radical (unpaired) electrons. The van der Waals surface area contributed by atoms with Crippen LogP contribution < -0.4 is 15.8 Å². The predicted molar refractivity (Wildman–Crippen MR) is 68.1 cm³/mol. The summed E-state index contributed by atoms with van der Waals surface area (Å²) in [6.07, 6.45) is 0. The van der Waals surface area contributed by atoms with Crippen molar-refractivity contribution in [1.29, 1.82) is 0 Å². The molecule has 0 saturated carbocycles. The first kappa shape index (κ1) is 11.3. The number of aliphatic hydroxyl groups excluding tert-OH is 1. The van der Waals surface area contributed by atoms with Crippen LogP contribution in [0.15, 0.2) is 48.5 Å². The number of hydrogen-bond acceptors (Lipinski definition) is 4. The van der Waals surface area contributed by atoms with E-state index >= 15 is 0 Å². The van der Waals surface area contributed by atoms with Crippen molar-refractivity contribution in [3.05, 3.63) is 48.5 Å². The average molecular weight is 230 g/mol. The quantitative estimate of drug-likeness (QED) is 0.557. The van der Waals surface area contributed by atoms with Gasteiger partial charge >= 0.3 is 0 Å². The summed E-state index contributed by atoms with van der Waals surface area (Å²) in [5.74, 6) is 1.47. The number of nitrogen functional groups attached to an aromatic ring is 1. The van der Waals surface area contributed by atoms with Crippen molar-refractivity contribution in [3.63, 3.8) is 0 Å². The number of aliphatic hydroxyl groups is 1. The Labute approximate surface area is 99.7 Å². The third kappa shape index (κ3) is 3.12. The van der Waals surface area contributed by atoms with Crippen molar-refractivity contribution in [2.75, 3.05) is 17.8 Å². The summed E-state index contributed by atoms with van der Waals surface area (Å²) in [4.78, 5) is 0. The molecule has 0 saturated heterocycles. The highest BCUT2D eigenvalue weighted by Crippen LogP contribution is 2.23. The highest BCUT2D eigenvalue weighted by molar-refractivity contribution is 5.47. The van der Waals surface area contributed by atoms with Gasteiger partial charge in [0.25, 0.3) is 0 Å². The van der Waals surface area contributed by atoms with Gasteiger partial charge < -0.3 is 20.9 Å². The molecule has 4 N–H and O–H groups in total. The second-order valence-corrected chi connectivity index (χ2v) is 3.53. The molecule has 2 rings (SSSR count). The zero-order valence-electron chi connectivity index (χ0n) is 9.26. The first-order valence-corrected chi connectivity index (χ1v) is 5.26. The molecule has 0 aromatic heterocycles. The molecule has 17 heavy (non-hydrogen) atoms. The van der Waals surface area contributed by atoms with E-state index in [-0.39, 0.29) is 6.73 Å². The Morgan fingerprint density at radius 3 is 2.00 bits per heavy atom. The van der Waals surface area contributed by atoms with Gasteiger partial charge in [-0.2, -0.15) is 0 Å². The van der Waals surface area contributed by atoms with E-state index in [4.69, 9.17) is 15.6 Å². The number of nitrogens with one attached hydrogen (secondary N) is 1. The van der Waals surface area contributed by atoms with Gasteiger partial charge in [0.1, 0.15) is 18.2 Å². The van der Waals surface area contributed by atoms with E-state index in [2.05, 4.69) is 5.32 Å². The van der Waals surface area contributed by atoms with Crippen LogP contribution >= 0.6 is 0 Å². The van der Waals surface area contributed by atoms with Crippen molar-refractivity contribution in [3.8, 4) is 11.5 Å². The predicted octanol–water partition coefficient (Wildman–Crippen LogP) is 2.42. The van der Waals surface area contributed by atoms with Crippen LogP contribution in [0.1, 0.15) is 0 Å². The Morgan fingerprint density at radius 1 is 0.941 bits per heavy atom. The maximum Gasteiger partial charge on any atom is 0.127 e. The molecule has 0 fully saturated rings. The van der Waals surface area contributed by atoms with E-state index in [0.29, 0.717) is 5.69 Å². The lowest BCUT2D eigenvalue weighted by atomic mass is 10.3. The Kier molecular flexibility index (Phi) is 3.47. The van der Waals surface area contributed by atoms with Crippen LogP contribution in [0.3, 0.4) is 0 Å². The normalized spacial score (nSPS) is 9.94. The fraction of sp³-hybridized carbons (Fsp3) is 0.0769. The smallest absolute Gasteiger partial charge is 0.127 e. The maximum absolute atomic E-state index is 8.70. The summed E-state index contributed by atoms with van der Waals surface area (Å²) >= 11 is 0. The summed E-state index contributed by atoms with van der Waals surface area (Å²) in [6.45, 7) is -0.0852. The van der Waals surface area contributed by atoms with Crippen LogP contribution in [0.25, 0.3) is 0 Å². The minimum absolute atomic E-state index is 0.0852. The Bertz CT molecular complexity index is 466. The third-order valence-corrected chi connectivity index (χ3v) is 2.25. The van der Waals surface area contributed by atoms with Crippen LogP contribution in [0.5, 0.6) is 11.5 Å². The number of hydrogen-bond donors (Lipinski definition) is 3. The molecular formula is C13H14N2O2. The molecule has 0 aliphatic heterocycles. The van der Waals surface area contributed by atoms with Gasteiger partial charge in [-0.15, -0.1) is 0 Å². The molecule has 0 spiro atoms. The van der Waals surface area contributed by atoms with Gasteiger partial charge in [-0.3, -0.25) is 0 Å². The molecule has 0 aliphatic carbocycles. The minimum Gasteiger partial charge on any atom is -0.457 e. The van der Waals surface area contributed by atoms with E-state index in [1.807, 2.05) is 36.4 Å². The highest BCUT2D eigenvalue weighted by atomic mass is 16.5. The topological polar surface area (TPSA) is 67.5 Å². The standard InChI is InChI=1S/C13H14N2O2/c14-10-1-5-12(6-2-10)17-13-7-3-11(4-8-13)15-9-16/h1-8,15-16H,9,14H2. The lowest BCUT2D eigenvalue weighted by molar-refractivity contribution is 0.325. The van der Waals surface area contributed by atoms with Crippen LogP contribution in [0, 0.1) is 0 Å². The molecular weight excluding hydrogens is 216 g/mol. The van der Waals surface area contributed by atoms with Gasteiger partial charge in [-0.1, -0.05) is 0 Å². The molecule has 2 aromatic rings. The first-order chi connectivity index (χ1) is 8.28. The summed E-state index contributed by atoms with van der Waals surface area (Å²) in [6, 6.07) is 14.5. The number of ether oxygens (including phenoxy) is 1. The largest absolute Gasteiger partial charge is 0.457 e. The fourth-order valence-corrected chi connectivity index (χ4v) is 1.40. The second kappa shape index (κ2) is 5.23. The van der Waals surface area contributed by atoms with E-state index in [1.165, 1.54) is 0 Å². The average Bonchev–Trinajstić information content (AvgIpc) is 2.35. The molecule has 4 heteroatoms. The summed E-state index contributed by atoms with van der Waals surface area (Å²) < 4.78 is 5.62. The van der Waals surface area contributed by atoms with E-state index in [1.54, 1.807) is 12.1 Å². The molecule has 88 valence electrons. The summed E-state index contributed by atoms with van der Waals surface area (Å²) in [5.41, 5.74) is 7.14. The Balaban J connectivity index is 2.05. The number of nitrogens with two attached hydrogens (primary N) is 1. The fourth-order valence-electron chi connectivity index (χ4n) is 1.40. The molecule has 0 aliphatic rings. The lowest BCUT2D eigenvalue weighted by Crippen LogP contribution is -1.98. The van der Waals surface area contributed by atoms with E-state index in [9.17, 15) is 0 Å². The number of benzene rings is 2. The van der Waals surface area contributed by atoms with Gasteiger partial charge in [0.15, 0.2) is 0 Å².